The lowest BCUT2D eigenvalue weighted by Gasteiger charge is -2.45. The van der Waals surface area contributed by atoms with Crippen molar-refractivity contribution < 1.29 is 57.5 Å². The Bertz CT molecular complexity index is 2750. The van der Waals surface area contributed by atoms with Crippen LogP contribution in [0.1, 0.15) is 191 Å². The molecule has 0 bridgehead atoms. The molecule has 3 saturated heterocycles. The van der Waals surface area contributed by atoms with Crippen LogP contribution in [0, 0.1) is 41.9 Å². The summed E-state index contributed by atoms with van der Waals surface area (Å²) in [4.78, 5) is 188. The van der Waals surface area contributed by atoms with Gasteiger partial charge < -0.3 is 60.5 Å². The molecule has 12 atom stereocenters. The summed E-state index contributed by atoms with van der Waals surface area (Å²) < 4.78 is 0.326. The Kier molecular flexibility index (Phi) is 29.9. The lowest BCUT2D eigenvalue weighted by Crippen LogP contribution is -2.65. The maximum absolute atomic E-state index is 15.1. The summed E-state index contributed by atoms with van der Waals surface area (Å²) in [5.74, 6) is -5.68. The smallest absolute Gasteiger partial charge is 0.246 e. The van der Waals surface area contributed by atoms with Crippen molar-refractivity contribution in [2.45, 2.75) is 255 Å². The Morgan fingerprint density at radius 3 is 1.80 bits per heavy atom. The third-order valence-corrected chi connectivity index (χ3v) is 21.8. The molecule has 5 aliphatic rings. The van der Waals surface area contributed by atoms with Crippen LogP contribution in [0.3, 0.4) is 0 Å². The van der Waals surface area contributed by atoms with Crippen LogP contribution >= 0.6 is 22.6 Å². The Hall–Kier alpha value is -6.07. The molecule has 0 spiro atoms. The Labute approximate surface area is 573 Å². The number of halogens is 1. The van der Waals surface area contributed by atoms with Gasteiger partial charge in [-0.25, -0.2) is 0 Å². The number of fused-ring (bicyclic) bond motifs is 1. The summed E-state index contributed by atoms with van der Waals surface area (Å²) in [5.41, 5.74) is -1.72. The van der Waals surface area contributed by atoms with Gasteiger partial charge in [0.1, 0.15) is 59.9 Å². The minimum atomic E-state index is -1.72. The largest absolute Gasteiger partial charge is 0.343 e. The quantitative estimate of drug-likeness (QED) is 0.120. The predicted molar refractivity (Wildman–Crippen MR) is 367 cm³/mol. The summed E-state index contributed by atoms with van der Waals surface area (Å²) in [6.45, 7) is 16.1. The van der Waals surface area contributed by atoms with Gasteiger partial charge in [0.15, 0.2) is 0 Å². The summed E-state index contributed by atoms with van der Waals surface area (Å²) in [6.07, 6.45) is 16.9. The summed E-state index contributed by atoms with van der Waals surface area (Å²) in [5, 5.41) is 11.5. The number of terminal acetylenes is 1. The molecular formula is C69H113IN12O12. The molecule has 0 radical (unpaired) electrons. The highest BCUT2D eigenvalue weighted by atomic mass is 127. The standard InChI is InChI=1S/C69H113IN12O12/c1-17-26-49-63(89)80(16)69(9,10)68(94)73-51(35-42(3)4)62(88)78(14)55(66(92)81-32-23-20-24-33-81)40-57(84)77(13)53(36-43(5)6)60(86)74-58(44(7)18-2)67(93)76(12)45(8)61(87)82-34-31-52(82)65(91)79(15)54(39-46-27-21-19-22-28-46)64(90)75(11)41-56(83)71-50(59(85)72-49)38-47-29-25-30-48(70)37-47/h1,42-55,58H,18-41H2,2-16H3,(H,71,83)(H,72,85)(H,73,94)(H,74,86)/t44-,45-,47?,48?,49-,50-,51-,52-,53-,54-,55-,58-/m0/s1. The lowest BCUT2D eigenvalue weighted by atomic mass is 9.84. The molecule has 12 amide bonds. The van der Waals surface area contributed by atoms with E-state index >= 15 is 4.79 Å². The van der Waals surface area contributed by atoms with Crippen molar-refractivity contribution in [1.82, 2.24) is 60.5 Å². The highest BCUT2D eigenvalue weighted by Crippen LogP contribution is 2.34. The number of nitrogens with one attached hydrogen (secondary N) is 4. The van der Waals surface area contributed by atoms with Gasteiger partial charge in [0.2, 0.25) is 70.9 Å². The maximum atomic E-state index is 15.1. The summed E-state index contributed by atoms with van der Waals surface area (Å²) in [7, 11) is 8.70. The van der Waals surface area contributed by atoms with Crippen molar-refractivity contribution >= 4 is 93.5 Å². The molecule has 24 nitrogen and oxygen atoms in total. The SMILES string of the molecule is C#CC[C@@H]1NC(=O)[C@H](CC2CCCC(I)C2)NC(=O)CN(C)C(=O)[C@H](CC2CCCCC2)N(C)C(=O)[C@@H]2CCN2C(=O)[C@H](C)N(C)C(=O)[C@H]([C@@H](C)CC)NC(=O)[C@H](CC(C)C)N(C)C(=O)C[C@@H](C(=O)N2CCCCC2)N(C)C(=O)[C@H](CC(C)C)NC(=O)C(C)(C)N(C)C1=O. The number of alkyl halides is 1. The predicted octanol–water partition coefficient (Wildman–Crippen LogP) is 4.48. The highest BCUT2D eigenvalue weighted by molar-refractivity contribution is 14.1. The summed E-state index contributed by atoms with van der Waals surface area (Å²) in [6, 6.07) is -10.7. The molecule has 528 valence electrons. The zero-order valence-corrected chi connectivity index (χ0v) is 61.2. The molecule has 2 aliphatic carbocycles. The second-order valence-electron chi connectivity index (χ2n) is 29.0. The van der Waals surface area contributed by atoms with Gasteiger partial charge in [-0.05, 0) is 115 Å². The van der Waals surface area contributed by atoms with E-state index in [0.717, 1.165) is 69.1 Å². The number of rotatable bonds is 12. The number of hydrogen-bond donors (Lipinski definition) is 4. The molecular weight excluding hydrogens is 1320 g/mol. The molecule has 5 fully saturated rings. The first kappa shape index (κ1) is 78.6. The van der Waals surface area contributed by atoms with Crippen LogP contribution in [-0.4, -0.2) is 242 Å². The van der Waals surface area contributed by atoms with Crippen LogP contribution in [0.5, 0.6) is 0 Å². The Morgan fingerprint density at radius 2 is 1.22 bits per heavy atom. The lowest BCUT2D eigenvalue weighted by molar-refractivity contribution is -0.160. The van der Waals surface area contributed by atoms with Crippen molar-refractivity contribution in [2.75, 3.05) is 68.5 Å². The molecule has 2 unspecified atom stereocenters. The zero-order valence-electron chi connectivity index (χ0n) is 59.1. The number of likely N-dealkylation sites (tertiary alicyclic amines) is 1. The van der Waals surface area contributed by atoms with Gasteiger partial charge in [0, 0.05) is 72.3 Å². The number of piperidine rings is 1. The molecule has 5 rings (SSSR count). The zero-order chi connectivity index (χ0) is 70.2. The van der Waals surface area contributed by atoms with E-state index in [2.05, 4.69) is 49.8 Å². The molecule has 0 aromatic heterocycles. The van der Waals surface area contributed by atoms with Crippen LogP contribution in [0.25, 0.3) is 0 Å². The van der Waals surface area contributed by atoms with Crippen LogP contribution in [0.4, 0.5) is 0 Å². The number of likely N-dealkylation sites (N-methyl/N-ethyl adjacent to an activating group) is 6. The van der Waals surface area contributed by atoms with Crippen LogP contribution in [-0.2, 0) is 57.5 Å². The molecule has 0 aromatic carbocycles. The normalized spacial score (nSPS) is 29.7. The van der Waals surface area contributed by atoms with Crippen molar-refractivity contribution in [1.29, 1.82) is 0 Å². The van der Waals surface area contributed by atoms with E-state index in [1.807, 2.05) is 34.6 Å². The van der Waals surface area contributed by atoms with Crippen molar-refractivity contribution in [3.05, 3.63) is 0 Å². The second-order valence-corrected chi connectivity index (χ2v) is 30.8. The third-order valence-electron chi connectivity index (χ3n) is 20.7. The molecule has 3 heterocycles. The number of carbonyl (C=O) groups is 12. The third kappa shape index (κ3) is 20.5. The fourth-order valence-electron chi connectivity index (χ4n) is 13.8. The number of amides is 12. The number of nitrogens with zero attached hydrogens (tertiary/aromatic N) is 8. The molecule has 4 N–H and O–H groups in total. The minimum Gasteiger partial charge on any atom is -0.343 e. The van der Waals surface area contributed by atoms with Gasteiger partial charge in [-0.1, -0.05) is 115 Å². The fourth-order valence-corrected chi connectivity index (χ4v) is 14.9. The van der Waals surface area contributed by atoms with E-state index in [4.69, 9.17) is 6.42 Å². The highest BCUT2D eigenvalue weighted by Gasteiger charge is 2.48. The molecule has 2 saturated carbocycles. The second kappa shape index (κ2) is 35.8. The van der Waals surface area contributed by atoms with E-state index in [9.17, 15) is 52.7 Å². The van der Waals surface area contributed by atoms with E-state index in [-0.39, 0.29) is 62.3 Å². The van der Waals surface area contributed by atoms with Crippen molar-refractivity contribution in [2.24, 2.45) is 29.6 Å². The van der Waals surface area contributed by atoms with E-state index in [0.29, 0.717) is 42.7 Å². The number of carbonyl (C=O) groups excluding carboxylic acids is 12. The average molecular weight is 1430 g/mol. The first-order valence-electron chi connectivity index (χ1n) is 34.6. The Balaban J connectivity index is 1.60. The van der Waals surface area contributed by atoms with Crippen molar-refractivity contribution in [3.63, 3.8) is 0 Å². The van der Waals surface area contributed by atoms with Gasteiger partial charge >= 0.3 is 0 Å². The Morgan fingerprint density at radius 1 is 0.606 bits per heavy atom. The molecule has 25 heteroatoms. The van der Waals surface area contributed by atoms with Crippen LogP contribution < -0.4 is 21.3 Å². The molecule has 0 aromatic rings. The average Bonchev–Trinajstić information content (AvgIpc) is 0.818. The fraction of sp³-hybridized carbons (Fsp3) is 0.797. The van der Waals surface area contributed by atoms with Crippen LogP contribution in [0.15, 0.2) is 0 Å². The van der Waals surface area contributed by atoms with Gasteiger partial charge in [-0.15, -0.1) is 12.3 Å². The van der Waals surface area contributed by atoms with Crippen LogP contribution in [0.2, 0.25) is 0 Å². The van der Waals surface area contributed by atoms with Gasteiger partial charge in [0.05, 0.1) is 13.0 Å². The maximum Gasteiger partial charge on any atom is 0.246 e. The molecule has 3 aliphatic heterocycles. The minimum absolute atomic E-state index is 0.0114. The topological polar surface area (TPSA) is 279 Å². The van der Waals surface area contributed by atoms with E-state index in [1.54, 1.807) is 18.7 Å². The van der Waals surface area contributed by atoms with Crippen molar-refractivity contribution in [3.8, 4) is 12.3 Å². The first-order valence-corrected chi connectivity index (χ1v) is 35.9. The molecule has 94 heavy (non-hydrogen) atoms. The first-order chi connectivity index (χ1) is 44.2. The van der Waals surface area contributed by atoms with E-state index in [1.165, 1.54) is 85.5 Å². The van der Waals surface area contributed by atoms with Gasteiger partial charge in [-0.3, -0.25) is 57.5 Å². The van der Waals surface area contributed by atoms with E-state index < -0.39 is 150 Å². The monoisotopic (exact) mass is 1430 g/mol. The summed E-state index contributed by atoms with van der Waals surface area (Å²) >= 11 is 2.39. The number of hydrogen-bond acceptors (Lipinski definition) is 12. The van der Waals surface area contributed by atoms with Gasteiger partial charge in [-0.2, -0.15) is 0 Å². The van der Waals surface area contributed by atoms with Gasteiger partial charge in [0.25, 0.3) is 0 Å².